The Balaban J connectivity index is 0.000000151. The molecule has 2 aliphatic heterocycles. The van der Waals surface area contributed by atoms with Gasteiger partial charge in [-0.2, -0.15) is 0 Å². The second-order valence-electron chi connectivity index (χ2n) is 14.5. The second kappa shape index (κ2) is 19.4. The van der Waals surface area contributed by atoms with Gasteiger partial charge in [0.05, 0.1) is 49.2 Å². The standard InChI is InChI=1S/C23H23N7OS.C16H17N5O.C6H8N2/c1-16-19(4-2-10-24-16)26-23(32)25-18-8-6-17(7-9-18)21-27-22(29-12-14-31-15-13-29)20-5-3-11-30(20)28-21;17-13-5-3-12(4-6-13)15-18-16(20-8-10-22-11-9-20)14-2-1-7-21(14)19-15;1-5-6(7)3-2-4-8-5/h2-11H,12-15H2,1H3,(H2,25,26,32);1-7H,8-11,17H2;2-4H,7H2,1H3. The first-order chi connectivity index (χ1) is 30.3. The number of thiocarbonyl (C=S) groups is 1. The molecule has 2 aliphatic rings. The lowest BCUT2D eigenvalue weighted by Crippen LogP contribution is -2.37. The molecule has 8 aromatic rings. The number of morpholine rings is 2. The van der Waals surface area contributed by atoms with Crippen LogP contribution in [0.4, 0.5) is 34.4 Å². The first-order valence-electron chi connectivity index (χ1n) is 20.3. The monoisotopic (exact) mass is 848 g/mol. The Bertz CT molecular complexity index is 2720. The number of ether oxygens (including phenoxy) is 2. The van der Waals surface area contributed by atoms with E-state index in [-0.39, 0.29) is 0 Å². The van der Waals surface area contributed by atoms with E-state index in [4.69, 9.17) is 48.2 Å². The van der Waals surface area contributed by atoms with Crippen LogP contribution < -0.4 is 31.9 Å². The summed E-state index contributed by atoms with van der Waals surface area (Å²) in [6, 6.07) is 31.1. The van der Waals surface area contributed by atoms with Gasteiger partial charge in [-0.15, -0.1) is 10.2 Å². The SMILES string of the molecule is Cc1ncccc1N.Cc1ncccc1NC(=S)Nc1ccc(-c2nc(N3CCOCC3)c3cccn3n2)cc1.Nc1ccc(-c2nc(N3CCOCC3)c3cccn3n2)cc1. The minimum absolute atomic E-state index is 0.508. The number of nitrogens with one attached hydrogen (secondary N) is 2. The number of fused-ring (bicyclic) bond motifs is 2. The minimum Gasteiger partial charge on any atom is -0.399 e. The average Bonchev–Trinajstić information content (AvgIpc) is 4.00. The maximum Gasteiger partial charge on any atom is 0.182 e. The zero-order valence-electron chi connectivity index (χ0n) is 34.6. The largest absolute Gasteiger partial charge is 0.399 e. The minimum atomic E-state index is 0.508. The highest BCUT2D eigenvalue weighted by Gasteiger charge is 2.20. The van der Waals surface area contributed by atoms with Gasteiger partial charge in [-0.1, -0.05) is 0 Å². The fourth-order valence-electron chi connectivity index (χ4n) is 6.83. The molecule has 0 radical (unpaired) electrons. The summed E-state index contributed by atoms with van der Waals surface area (Å²) in [5.41, 5.74) is 20.2. The van der Waals surface area contributed by atoms with Crippen molar-refractivity contribution in [1.82, 2.24) is 39.2 Å². The second-order valence-corrected chi connectivity index (χ2v) is 14.9. The third-order valence-corrected chi connectivity index (χ3v) is 10.4. The number of anilines is 6. The molecule has 0 saturated carbocycles. The number of hydrogen-bond donors (Lipinski definition) is 4. The molecular weight excluding hydrogens is 801 g/mol. The van der Waals surface area contributed by atoms with Crippen molar-refractivity contribution in [2.75, 3.05) is 84.5 Å². The molecule has 17 heteroatoms. The van der Waals surface area contributed by atoms with Crippen molar-refractivity contribution in [3.63, 3.8) is 0 Å². The Morgan fingerprint density at radius 2 is 1.10 bits per heavy atom. The maximum absolute atomic E-state index is 5.76. The van der Waals surface area contributed by atoms with Gasteiger partial charge in [0.15, 0.2) is 28.4 Å². The molecule has 0 amide bonds. The van der Waals surface area contributed by atoms with E-state index in [2.05, 4.69) is 35.5 Å². The van der Waals surface area contributed by atoms with E-state index < -0.39 is 0 Å². The third-order valence-electron chi connectivity index (χ3n) is 10.2. The smallest absolute Gasteiger partial charge is 0.182 e. The summed E-state index contributed by atoms with van der Waals surface area (Å²) in [6.07, 6.45) is 7.38. The molecule has 316 valence electrons. The van der Waals surface area contributed by atoms with Crippen molar-refractivity contribution in [2.45, 2.75) is 13.8 Å². The Hall–Kier alpha value is -7.21. The molecule has 2 saturated heterocycles. The number of aromatic nitrogens is 8. The van der Waals surface area contributed by atoms with Crippen LogP contribution in [0.15, 0.2) is 122 Å². The van der Waals surface area contributed by atoms with E-state index in [1.807, 2.05) is 132 Å². The van der Waals surface area contributed by atoms with Crippen LogP contribution >= 0.6 is 12.2 Å². The molecule has 2 aromatic carbocycles. The molecule has 8 heterocycles. The van der Waals surface area contributed by atoms with E-state index in [0.29, 0.717) is 30.0 Å². The third kappa shape index (κ3) is 10.0. The van der Waals surface area contributed by atoms with E-state index >= 15 is 0 Å². The first-order valence-corrected chi connectivity index (χ1v) is 20.7. The zero-order chi connectivity index (χ0) is 42.8. The summed E-state index contributed by atoms with van der Waals surface area (Å²) in [7, 11) is 0. The summed E-state index contributed by atoms with van der Waals surface area (Å²) in [6.45, 7) is 10.0. The number of nitrogens with zero attached hydrogens (tertiary/aromatic N) is 10. The molecule has 0 aliphatic carbocycles. The number of pyridine rings is 2. The Kier molecular flexibility index (Phi) is 13.0. The van der Waals surface area contributed by atoms with Crippen LogP contribution in [0.25, 0.3) is 33.8 Å². The Morgan fingerprint density at radius 3 is 1.58 bits per heavy atom. The molecule has 2 fully saturated rings. The molecule has 16 nitrogen and oxygen atoms in total. The number of hydrogen-bond acceptors (Lipinski definition) is 13. The zero-order valence-corrected chi connectivity index (χ0v) is 35.4. The molecule has 62 heavy (non-hydrogen) atoms. The van der Waals surface area contributed by atoms with Gasteiger partial charge in [0.1, 0.15) is 11.0 Å². The van der Waals surface area contributed by atoms with Crippen LogP contribution in [-0.2, 0) is 9.47 Å². The lowest BCUT2D eigenvalue weighted by molar-refractivity contribution is 0.122. The van der Waals surface area contributed by atoms with Gasteiger partial charge in [0, 0.05) is 73.5 Å². The van der Waals surface area contributed by atoms with Gasteiger partial charge in [-0.3, -0.25) is 9.97 Å². The van der Waals surface area contributed by atoms with Gasteiger partial charge >= 0.3 is 0 Å². The summed E-state index contributed by atoms with van der Waals surface area (Å²) >= 11 is 5.44. The van der Waals surface area contributed by atoms with Crippen molar-refractivity contribution in [1.29, 1.82) is 0 Å². The number of rotatable bonds is 6. The van der Waals surface area contributed by atoms with Crippen LogP contribution in [0.1, 0.15) is 11.4 Å². The number of nitrogens with two attached hydrogens (primary N) is 2. The van der Waals surface area contributed by atoms with Gasteiger partial charge in [-0.05, 0) is 123 Å². The Labute approximate surface area is 364 Å². The topological polar surface area (TPSA) is 187 Å². The number of benzene rings is 2. The molecule has 0 spiro atoms. The normalized spacial score (nSPS) is 13.8. The molecule has 6 aromatic heterocycles. The van der Waals surface area contributed by atoms with E-state index in [1.165, 1.54) is 0 Å². The Morgan fingerprint density at radius 1 is 0.597 bits per heavy atom. The van der Waals surface area contributed by atoms with Crippen molar-refractivity contribution in [2.24, 2.45) is 0 Å². The van der Waals surface area contributed by atoms with Crippen molar-refractivity contribution < 1.29 is 9.47 Å². The quantitative estimate of drug-likeness (QED) is 0.104. The average molecular weight is 849 g/mol. The number of aryl methyl sites for hydroxylation is 2. The highest BCUT2D eigenvalue weighted by molar-refractivity contribution is 7.80. The number of nitrogen functional groups attached to an aromatic ring is 2. The lowest BCUT2D eigenvalue weighted by atomic mass is 10.2. The van der Waals surface area contributed by atoms with Gasteiger partial charge in [0.2, 0.25) is 0 Å². The molecule has 0 atom stereocenters. The van der Waals surface area contributed by atoms with Crippen LogP contribution in [0, 0.1) is 13.8 Å². The van der Waals surface area contributed by atoms with Gasteiger partial charge < -0.3 is 41.4 Å². The molecule has 10 rings (SSSR count). The summed E-state index contributed by atoms with van der Waals surface area (Å²) in [4.78, 5) is 22.4. The molecule has 0 unspecified atom stereocenters. The van der Waals surface area contributed by atoms with Crippen molar-refractivity contribution >= 4 is 62.7 Å². The molecule has 0 bridgehead atoms. The molecule has 6 N–H and O–H groups in total. The van der Waals surface area contributed by atoms with Crippen LogP contribution in [-0.4, -0.2) is 96.9 Å². The van der Waals surface area contributed by atoms with Crippen LogP contribution in [0.5, 0.6) is 0 Å². The summed E-state index contributed by atoms with van der Waals surface area (Å²) in [5.74, 6) is 3.26. The lowest BCUT2D eigenvalue weighted by Gasteiger charge is -2.28. The van der Waals surface area contributed by atoms with E-state index in [9.17, 15) is 0 Å². The van der Waals surface area contributed by atoms with Gasteiger partial charge in [-0.25, -0.2) is 19.0 Å². The fourth-order valence-corrected chi connectivity index (χ4v) is 7.06. The highest BCUT2D eigenvalue weighted by atomic mass is 32.1. The van der Waals surface area contributed by atoms with Crippen LogP contribution in [0.2, 0.25) is 0 Å². The van der Waals surface area contributed by atoms with E-state index in [1.54, 1.807) is 12.4 Å². The van der Waals surface area contributed by atoms with Crippen LogP contribution in [0.3, 0.4) is 0 Å². The van der Waals surface area contributed by atoms with Crippen molar-refractivity contribution in [3.8, 4) is 22.8 Å². The first kappa shape index (κ1) is 41.5. The fraction of sp³-hybridized carbons (Fsp3) is 0.222. The highest BCUT2D eigenvalue weighted by Crippen LogP contribution is 2.27. The predicted molar refractivity (Wildman–Crippen MR) is 250 cm³/mol. The predicted octanol–water partition coefficient (Wildman–Crippen LogP) is 6.53. The van der Waals surface area contributed by atoms with Gasteiger partial charge in [0.25, 0.3) is 0 Å². The molecular formula is C45H48N14O2S. The van der Waals surface area contributed by atoms with E-state index in [0.717, 1.165) is 107 Å². The summed E-state index contributed by atoms with van der Waals surface area (Å²) in [5, 5.41) is 16.2. The maximum atomic E-state index is 5.76. The summed E-state index contributed by atoms with van der Waals surface area (Å²) < 4.78 is 14.7. The van der Waals surface area contributed by atoms with Crippen molar-refractivity contribution in [3.05, 3.63) is 133 Å².